The predicted octanol–water partition coefficient (Wildman–Crippen LogP) is 2.63. The number of nitrogens with zero attached hydrogens (tertiary/aromatic N) is 3. The molecule has 26 heavy (non-hydrogen) atoms. The second-order valence-corrected chi connectivity index (χ2v) is 9.69. The van der Waals surface area contributed by atoms with Gasteiger partial charge in [0.05, 0.1) is 24.6 Å². The van der Waals surface area contributed by atoms with Crippen LogP contribution in [-0.2, 0) is 9.59 Å². The largest absolute Gasteiger partial charge is 0.310 e. The standard InChI is InChI=1S/C15H17N5O2S4/c21-12(8-25-14-16-4-6-23-14)19-10-2-1-3-11(18-10)20-13(22)9-26-15-17-5-7-24-15/h1-3H,4-9H2,(H2,18,19,20,21,22). The zero-order valence-corrected chi connectivity index (χ0v) is 17.0. The number of hydrogen-bond acceptors (Lipinski definition) is 9. The van der Waals surface area contributed by atoms with Crippen LogP contribution in [0.25, 0.3) is 0 Å². The molecule has 11 heteroatoms. The summed E-state index contributed by atoms with van der Waals surface area (Å²) in [5.41, 5.74) is 0. The van der Waals surface area contributed by atoms with Gasteiger partial charge in [0.25, 0.3) is 0 Å². The van der Waals surface area contributed by atoms with Crippen LogP contribution in [-0.4, -0.2) is 61.7 Å². The minimum Gasteiger partial charge on any atom is -0.310 e. The van der Waals surface area contributed by atoms with E-state index in [1.165, 1.54) is 23.5 Å². The van der Waals surface area contributed by atoms with Crippen molar-refractivity contribution in [3.05, 3.63) is 18.2 Å². The van der Waals surface area contributed by atoms with E-state index in [2.05, 4.69) is 25.6 Å². The van der Waals surface area contributed by atoms with Gasteiger partial charge in [-0.15, -0.1) is 0 Å². The fourth-order valence-corrected chi connectivity index (χ4v) is 5.61. The molecule has 1 aromatic rings. The second kappa shape index (κ2) is 10.2. The lowest BCUT2D eigenvalue weighted by atomic mass is 10.4. The summed E-state index contributed by atoms with van der Waals surface area (Å²) in [7, 11) is 0. The molecule has 3 rings (SSSR count). The van der Waals surface area contributed by atoms with Crippen LogP contribution in [0.1, 0.15) is 0 Å². The summed E-state index contributed by atoms with van der Waals surface area (Å²) in [6.07, 6.45) is 0. The van der Waals surface area contributed by atoms with E-state index < -0.39 is 0 Å². The van der Waals surface area contributed by atoms with E-state index in [0.29, 0.717) is 23.1 Å². The number of pyridine rings is 1. The number of carbonyl (C=O) groups excluding carboxylic acids is 2. The van der Waals surface area contributed by atoms with Gasteiger partial charge >= 0.3 is 0 Å². The normalized spacial score (nSPS) is 16.2. The van der Waals surface area contributed by atoms with E-state index in [1.54, 1.807) is 41.7 Å². The van der Waals surface area contributed by atoms with Gasteiger partial charge in [0.15, 0.2) is 0 Å². The molecule has 7 nitrogen and oxygen atoms in total. The Kier molecular flexibility index (Phi) is 7.71. The highest BCUT2D eigenvalue weighted by molar-refractivity contribution is 8.39. The number of aliphatic imine (C=N–C) groups is 2. The number of amides is 2. The molecule has 0 saturated carbocycles. The van der Waals surface area contributed by atoms with Gasteiger partial charge in [-0.2, -0.15) is 0 Å². The molecule has 0 bridgehead atoms. The molecule has 2 N–H and O–H groups in total. The minimum absolute atomic E-state index is 0.145. The number of nitrogens with one attached hydrogen (secondary N) is 2. The molecule has 0 atom stereocenters. The maximum absolute atomic E-state index is 12.0. The SMILES string of the molecule is O=C(CSC1=NCCS1)Nc1cccc(NC(=O)CSC2=NCCS2)n1. The zero-order valence-electron chi connectivity index (χ0n) is 13.8. The first-order valence-electron chi connectivity index (χ1n) is 7.86. The van der Waals surface area contributed by atoms with Crippen molar-refractivity contribution >= 4 is 79.2 Å². The van der Waals surface area contributed by atoms with Gasteiger partial charge in [-0.1, -0.05) is 53.1 Å². The van der Waals surface area contributed by atoms with Gasteiger partial charge in [0.1, 0.15) is 20.4 Å². The summed E-state index contributed by atoms with van der Waals surface area (Å²) in [6.45, 7) is 1.64. The van der Waals surface area contributed by atoms with Crippen LogP contribution < -0.4 is 10.6 Å². The lowest BCUT2D eigenvalue weighted by Crippen LogP contribution is -2.18. The van der Waals surface area contributed by atoms with Crippen LogP contribution >= 0.6 is 47.0 Å². The lowest BCUT2D eigenvalue weighted by Gasteiger charge is -2.08. The van der Waals surface area contributed by atoms with Gasteiger partial charge < -0.3 is 10.6 Å². The number of carbonyl (C=O) groups is 2. The van der Waals surface area contributed by atoms with Gasteiger partial charge in [-0.3, -0.25) is 19.6 Å². The van der Waals surface area contributed by atoms with Crippen LogP contribution in [0.2, 0.25) is 0 Å². The number of aromatic nitrogens is 1. The maximum Gasteiger partial charge on any atom is 0.235 e. The quantitative estimate of drug-likeness (QED) is 0.720. The fourth-order valence-electron chi connectivity index (χ4n) is 1.99. The number of hydrogen-bond donors (Lipinski definition) is 2. The molecular formula is C15H17N5O2S4. The Bertz CT molecular complexity index is 683. The highest BCUT2D eigenvalue weighted by atomic mass is 32.2. The van der Waals surface area contributed by atoms with Crippen LogP contribution in [0.4, 0.5) is 11.6 Å². The molecule has 2 aliphatic heterocycles. The Balaban J connectivity index is 1.44. The number of rotatable bonds is 6. The van der Waals surface area contributed by atoms with Crippen LogP contribution in [0, 0.1) is 0 Å². The van der Waals surface area contributed by atoms with E-state index in [0.717, 1.165) is 33.3 Å². The van der Waals surface area contributed by atoms with E-state index in [1.807, 2.05) is 0 Å². The summed E-state index contributed by atoms with van der Waals surface area (Å²) in [5.74, 6) is 3.09. The molecule has 0 aromatic carbocycles. The van der Waals surface area contributed by atoms with Gasteiger partial charge in [-0.25, -0.2) is 4.98 Å². The average molecular weight is 428 g/mol. The molecule has 2 aliphatic rings. The number of anilines is 2. The van der Waals surface area contributed by atoms with Crippen LogP contribution in [0.3, 0.4) is 0 Å². The van der Waals surface area contributed by atoms with Gasteiger partial charge in [0.2, 0.25) is 11.8 Å². The predicted molar refractivity (Wildman–Crippen MR) is 116 cm³/mol. The highest BCUT2D eigenvalue weighted by Gasteiger charge is 2.13. The van der Waals surface area contributed by atoms with Crippen molar-refractivity contribution in [2.24, 2.45) is 9.98 Å². The minimum atomic E-state index is -0.145. The van der Waals surface area contributed by atoms with Crippen molar-refractivity contribution in [2.75, 3.05) is 46.7 Å². The van der Waals surface area contributed by atoms with E-state index >= 15 is 0 Å². The molecule has 3 heterocycles. The summed E-state index contributed by atoms with van der Waals surface area (Å²) >= 11 is 6.21. The Morgan fingerprint density at radius 2 is 1.42 bits per heavy atom. The van der Waals surface area contributed by atoms with Crippen molar-refractivity contribution in [1.29, 1.82) is 0 Å². The summed E-state index contributed by atoms with van der Waals surface area (Å²) < 4.78 is 1.91. The van der Waals surface area contributed by atoms with Crippen LogP contribution in [0.15, 0.2) is 28.2 Å². The average Bonchev–Trinajstić information content (AvgIpc) is 3.32. The van der Waals surface area contributed by atoms with E-state index in [9.17, 15) is 9.59 Å². The van der Waals surface area contributed by atoms with Crippen molar-refractivity contribution < 1.29 is 9.59 Å². The Hall–Kier alpha value is -1.17. The fraction of sp³-hybridized carbons (Fsp3) is 0.400. The topological polar surface area (TPSA) is 95.8 Å². The zero-order chi connectivity index (χ0) is 18.2. The Labute approximate surface area is 168 Å². The summed E-state index contributed by atoms with van der Waals surface area (Å²) in [5, 5.41) is 5.48. The Morgan fingerprint density at radius 1 is 0.923 bits per heavy atom. The van der Waals surface area contributed by atoms with Gasteiger partial charge in [0, 0.05) is 11.5 Å². The molecule has 0 radical (unpaired) electrons. The first-order chi connectivity index (χ1) is 12.7. The van der Waals surface area contributed by atoms with E-state index in [4.69, 9.17) is 0 Å². The third-order valence-corrected chi connectivity index (χ3v) is 7.56. The molecule has 0 spiro atoms. The maximum atomic E-state index is 12.0. The van der Waals surface area contributed by atoms with Crippen molar-refractivity contribution in [3.8, 4) is 0 Å². The monoisotopic (exact) mass is 427 g/mol. The molecule has 0 saturated heterocycles. The molecule has 0 unspecified atom stereocenters. The third-order valence-electron chi connectivity index (χ3n) is 3.05. The van der Waals surface area contributed by atoms with Crippen LogP contribution in [0.5, 0.6) is 0 Å². The molecule has 0 aliphatic carbocycles. The summed E-state index contributed by atoms with van der Waals surface area (Å²) in [4.78, 5) is 36.9. The molecule has 0 fully saturated rings. The lowest BCUT2D eigenvalue weighted by molar-refractivity contribution is -0.114. The first kappa shape index (κ1) is 19.6. The molecule has 1 aromatic heterocycles. The van der Waals surface area contributed by atoms with E-state index in [-0.39, 0.29) is 11.8 Å². The smallest absolute Gasteiger partial charge is 0.235 e. The molecule has 138 valence electrons. The molecular weight excluding hydrogens is 410 g/mol. The Morgan fingerprint density at radius 3 is 1.85 bits per heavy atom. The third kappa shape index (κ3) is 6.53. The van der Waals surface area contributed by atoms with Gasteiger partial charge in [-0.05, 0) is 12.1 Å². The number of thioether (sulfide) groups is 4. The van der Waals surface area contributed by atoms with Crippen molar-refractivity contribution in [1.82, 2.24) is 4.98 Å². The first-order valence-corrected chi connectivity index (χ1v) is 11.8. The molecule has 2 amide bonds. The highest BCUT2D eigenvalue weighted by Crippen LogP contribution is 2.23. The second-order valence-electron chi connectivity index (χ2n) is 5.07. The van der Waals surface area contributed by atoms with Crippen molar-refractivity contribution in [3.63, 3.8) is 0 Å². The van der Waals surface area contributed by atoms with Crippen molar-refractivity contribution in [2.45, 2.75) is 0 Å². The summed E-state index contributed by atoms with van der Waals surface area (Å²) in [6, 6.07) is 5.13.